The predicted molar refractivity (Wildman–Crippen MR) is 73.2 cm³/mol. The number of nitrogens with zero attached hydrogens (tertiary/aromatic N) is 4. The van der Waals surface area contributed by atoms with Gasteiger partial charge in [0, 0.05) is 18.0 Å². The number of carboxylic acids is 1. The lowest BCUT2D eigenvalue weighted by molar-refractivity contribution is 0.0691. The van der Waals surface area contributed by atoms with Crippen molar-refractivity contribution in [3.63, 3.8) is 0 Å². The fourth-order valence-electron chi connectivity index (χ4n) is 1.97. The van der Waals surface area contributed by atoms with Gasteiger partial charge in [0.2, 0.25) is 0 Å². The first kappa shape index (κ1) is 12.8. The van der Waals surface area contributed by atoms with Crippen molar-refractivity contribution in [3.05, 3.63) is 54.5 Å². The minimum absolute atomic E-state index is 0.114. The molecule has 0 bridgehead atoms. The summed E-state index contributed by atoms with van der Waals surface area (Å²) in [6.45, 7) is 0. The number of aromatic nitrogens is 4. The van der Waals surface area contributed by atoms with E-state index in [4.69, 9.17) is 0 Å². The number of pyridine rings is 1. The molecule has 0 saturated heterocycles. The summed E-state index contributed by atoms with van der Waals surface area (Å²) in [6, 6.07) is 9.60. The fraction of sp³-hybridized carbons (Fsp3) is 0. The van der Waals surface area contributed by atoms with Crippen LogP contribution in [0.1, 0.15) is 10.5 Å². The third kappa shape index (κ3) is 2.32. The second-order valence-electron chi connectivity index (χ2n) is 4.26. The number of rotatable bonds is 3. The summed E-state index contributed by atoms with van der Waals surface area (Å²) in [5, 5.41) is 26.2. The highest BCUT2D eigenvalue weighted by Crippen LogP contribution is 2.25. The van der Waals surface area contributed by atoms with E-state index in [1.165, 1.54) is 16.8 Å². The minimum Gasteiger partial charge on any atom is -0.508 e. The maximum absolute atomic E-state index is 11.3. The van der Waals surface area contributed by atoms with Gasteiger partial charge in [0.15, 0.2) is 5.69 Å². The lowest BCUT2D eigenvalue weighted by atomic mass is 10.1. The number of phenols is 1. The van der Waals surface area contributed by atoms with Gasteiger partial charge in [-0.05, 0) is 36.4 Å². The molecule has 104 valence electrons. The molecule has 0 saturated carbocycles. The first-order valence-corrected chi connectivity index (χ1v) is 6.05. The van der Waals surface area contributed by atoms with E-state index >= 15 is 0 Å². The Morgan fingerprint density at radius 1 is 1.05 bits per heavy atom. The summed E-state index contributed by atoms with van der Waals surface area (Å²) < 4.78 is 1.41. The first-order chi connectivity index (χ1) is 10.2. The second kappa shape index (κ2) is 5.04. The Labute approximate surface area is 119 Å². The maximum atomic E-state index is 11.3. The normalized spacial score (nSPS) is 10.5. The number of hydrogen-bond acceptors (Lipinski definition) is 5. The Balaban J connectivity index is 2.22. The van der Waals surface area contributed by atoms with Crippen LogP contribution in [-0.4, -0.2) is 36.2 Å². The van der Waals surface area contributed by atoms with Gasteiger partial charge in [0.25, 0.3) is 0 Å². The van der Waals surface area contributed by atoms with Crippen molar-refractivity contribution in [1.82, 2.24) is 20.0 Å². The largest absolute Gasteiger partial charge is 0.508 e. The van der Waals surface area contributed by atoms with E-state index in [1.807, 2.05) is 0 Å². The zero-order valence-electron chi connectivity index (χ0n) is 10.7. The van der Waals surface area contributed by atoms with Gasteiger partial charge in [0.05, 0.1) is 5.69 Å². The minimum atomic E-state index is -1.16. The van der Waals surface area contributed by atoms with Crippen LogP contribution >= 0.6 is 0 Å². The van der Waals surface area contributed by atoms with Crippen molar-refractivity contribution >= 4 is 5.97 Å². The summed E-state index contributed by atoms with van der Waals surface area (Å²) in [5.74, 6) is -1.05. The van der Waals surface area contributed by atoms with E-state index in [0.717, 1.165) is 0 Å². The molecular weight excluding hydrogens is 272 g/mol. The molecule has 0 fully saturated rings. The lowest BCUT2D eigenvalue weighted by Gasteiger charge is -2.07. The number of aromatic carboxylic acids is 1. The predicted octanol–water partition coefficient (Wildman–Crippen LogP) is 1.73. The molecule has 3 rings (SSSR count). The maximum Gasteiger partial charge on any atom is 0.358 e. The zero-order chi connectivity index (χ0) is 14.8. The van der Waals surface area contributed by atoms with Crippen LogP contribution in [0.2, 0.25) is 0 Å². The summed E-state index contributed by atoms with van der Waals surface area (Å²) in [4.78, 5) is 15.2. The van der Waals surface area contributed by atoms with Gasteiger partial charge in [-0.3, -0.25) is 4.98 Å². The van der Waals surface area contributed by atoms with E-state index in [-0.39, 0.29) is 11.4 Å². The van der Waals surface area contributed by atoms with Gasteiger partial charge in [0.1, 0.15) is 11.4 Å². The topological polar surface area (TPSA) is 101 Å². The molecule has 0 unspecified atom stereocenters. The van der Waals surface area contributed by atoms with Gasteiger partial charge in [-0.1, -0.05) is 5.21 Å². The Hall–Kier alpha value is -3.22. The highest BCUT2D eigenvalue weighted by Gasteiger charge is 2.21. The molecule has 0 amide bonds. The van der Waals surface area contributed by atoms with Gasteiger partial charge >= 0.3 is 5.97 Å². The molecule has 7 heteroatoms. The van der Waals surface area contributed by atoms with E-state index in [0.29, 0.717) is 16.9 Å². The number of benzene rings is 1. The number of phenolic OH excluding ortho intramolecular Hbond substituents is 1. The van der Waals surface area contributed by atoms with Crippen molar-refractivity contribution < 1.29 is 15.0 Å². The lowest BCUT2D eigenvalue weighted by Crippen LogP contribution is -2.03. The van der Waals surface area contributed by atoms with Crippen molar-refractivity contribution in [2.75, 3.05) is 0 Å². The monoisotopic (exact) mass is 282 g/mol. The first-order valence-electron chi connectivity index (χ1n) is 6.05. The molecule has 7 nitrogen and oxygen atoms in total. The SMILES string of the molecule is O=C(O)c1nnn(-c2ccc(O)cc2)c1-c1ccncc1. The van der Waals surface area contributed by atoms with Gasteiger partial charge in [-0.2, -0.15) is 0 Å². The zero-order valence-corrected chi connectivity index (χ0v) is 10.7. The Morgan fingerprint density at radius 3 is 2.33 bits per heavy atom. The number of hydrogen-bond donors (Lipinski definition) is 2. The second-order valence-corrected chi connectivity index (χ2v) is 4.26. The Kier molecular flexibility index (Phi) is 3.07. The summed E-state index contributed by atoms with van der Waals surface area (Å²) in [5.41, 5.74) is 1.45. The highest BCUT2D eigenvalue weighted by molar-refractivity contribution is 5.93. The van der Waals surface area contributed by atoms with Crippen LogP contribution in [0.25, 0.3) is 16.9 Å². The molecule has 0 radical (unpaired) electrons. The fourth-order valence-corrected chi connectivity index (χ4v) is 1.97. The van der Waals surface area contributed by atoms with E-state index < -0.39 is 5.97 Å². The number of carbonyl (C=O) groups is 1. The number of aromatic hydroxyl groups is 1. The quantitative estimate of drug-likeness (QED) is 0.758. The third-order valence-corrected chi connectivity index (χ3v) is 2.92. The van der Waals surface area contributed by atoms with E-state index in [2.05, 4.69) is 15.3 Å². The molecule has 0 atom stereocenters. The molecule has 3 aromatic rings. The molecule has 2 aromatic heterocycles. The average molecular weight is 282 g/mol. The Bertz CT molecular complexity index is 782. The van der Waals surface area contributed by atoms with Gasteiger partial charge in [-0.15, -0.1) is 5.10 Å². The summed E-state index contributed by atoms with van der Waals surface area (Å²) >= 11 is 0. The van der Waals surface area contributed by atoms with Gasteiger partial charge in [-0.25, -0.2) is 9.48 Å². The third-order valence-electron chi connectivity index (χ3n) is 2.92. The van der Waals surface area contributed by atoms with Crippen LogP contribution in [0.5, 0.6) is 5.75 Å². The van der Waals surface area contributed by atoms with Crippen LogP contribution in [0, 0.1) is 0 Å². The van der Waals surface area contributed by atoms with Crippen LogP contribution in [-0.2, 0) is 0 Å². The van der Waals surface area contributed by atoms with Crippen LogP contribution in [0.4, 0.5) is 0 Å². The molecule has 0 aliphatic rings. The highest BCUT2D eigenvalue weighted by atomic mass is 16.4. The molecule has 2 N–H and O–H groups in total. The molecule has 0 aliphatic heterocycles. The van der Waals surface area contributed by atoms with Crippen molar-refractivity contribution in [3.8, 4) is 22.7 Å². The van der Waals surface area contributed by atoms with Crippen LogP contribution in [0.15, 0.2) is 48.8 Å². The molecular formula is C14H10N4O3. The average Bonchev–Trinajstić information content (AvgIpc) is 2.94. The smallest absolute Gasteiger partial charge is 0.358 e. The number of carboxylic acid groups (broad SMARTS) is 1. The Morgan fingerprint density at radius 2 is 1.71 bits per heavy atom. The van der Waals surface area contributed by atoms with Gasteiger partial charge < -0.3 is 10.2 Å². The van der Waals surface area contributed by atoms with Crippen LogP contribution in [0.3, 0.4) is 0 Å². The van der Waals surface area contributed by atoms with E-state index in [1.54, 1.807) is 36.7 Å². The molecule has 0 aliphatic carbocycles. The molecule has 2 heterocycles. The summed E-state index contributed by atoms with van der Waals surface area (Å²) in [6.07, 6.45) is 3.13. The van der Waals surface area contributed by atoms with Crippen molar-refractivity contribution in [1.29, 1.82) is 0 Å². The standard InChI is InChI=1S/C14H10N4O3/c19-11-3-1-10(2-4-11)18-13(9-5-7-15-8-6-9)12(14(20)21)16-17-18/h1-8,19H,(H,20,21). The van der Waals surface area contributed by atoms with Crippen LogP contribution < -0.4 is 0 Å². The van der Waals surface area contributed by atoms with Crippen molar-refractivity contribution in [2.45, 2.75) is 0 Å². The molecule has 0 spiro atoms. The van der Waals surface area contributed by atoms with Crippen molar-refractivity contribution in [2.24, 2.45) is 0 Å². The molecule has 21 heavy (non-hydrogen) atoms. The molecule has 1 aromatic carbocycles. The van der Waals surface area contributed by atoms with E-state index in [9.17, 15) is 15.0 Å². The summed E-state index contributed by atoms with van der Waals surface area (Å²) in [7, 11) is 0.